The molecule has 0 N–H and O–H groups in total. The van der Waals surface area contributed by atoms with Gasteiger partial charge in [0.05, 0.1) is 0 Å². The molecular weight excluding hydrogens is 359 g/mol. The number of halogens is 2. The summed E-state index contributed by atoms with van der Waals surface area (Å²) in [4.78, 5) is 10.8. The van der Waals surface area contributed by atoms with Crippen LogP contribution in [0.3, 0.4) is 0 Å². The SMILES string of the molecule is CC(=O)CCc1ccc(OS(=O)(=O)c2cc(Cl)cc(Cl)c2)cc1. The van der Waals surface area contributed by atoms with Crippen molar-refractivity contribution in [2.45, 2.75) is 24.7 Å². The number of benzene rings is 2. The third-order valence-electron chi connectivity index (χ3n) is 3.02. The zero-order valence-electron chi connectivity index (χ0n) is 12.3. The second-order valence-electron chi connectivity index (χ2n) is 4.99. The van der Waals surface area contributed by atoms with Crippen LogP contribution in [-0.4, -0.2) is 14.2 Å². The van der Waals surface area contributed by atoms with Gasteiger partial charge in [0.1, 0.15) is 16.4 Å². The Hall–Kier alpha value is -1.56. The van der Waals surface area contributed by atoms with Crippen LogP contribution in [0.5, 0.6) is 5.75 Å². The molecule has 0 heterocycles. The largest absolute Gasteiger partial charge is 0.379 e. The number of carbonyl (C=O) groups excluding carboxylic acids is 1. The van der Waals surface area contributed by atoms with E-state index in [0.717, 1.165) is 5.56 Å². The molecule has 2 aromatic rings. The lowest BCUT2D eigenvalue weighted by molar-refractivity contribution is -0.116. The summed E-state index contributed by atoms with van der Waals surface area (Å²) >= 11 is 11.6. The zero-order chi connectivity index (χ0) is 17.0. The molecule has 0 bridgehead atoms. The van der Waals surface area contributed by atoms with E-state index < -0.39 is 10.1 Å². The summed E-state index contributed by atoms with van der Waals surface area (Å²) < 4.78 is 29.5. The summed E-state index contributed by atoms with van der Waals surface area (Å²) in [5.74, 6) is 0.276. The van der Waals surface area contributed by atoms with Gasteiger partial charge in [-0.25, -0.2) is 0 Å². The number of carbonyl (C=O) groups is 1. The summed E-state index contributed by atoms with van der Waals surface area (Å²) in [6.45, 7) is 1.53. The molecule has 0 fully saturated rings. The fraction of sp³-hybridized carbons (Fsp3) is 0.188. The molecule has 0 aromatic heterocycles. The van der Waals surface area contributed by atoms with Crippen LogP contribution in [0, 0.1) is 0 Å². The molecule has 0 unspecified atom stereocenters. The van der Waals surface area contributed by atoms with Crippen molar-refractivity contribution in [3.05, 3.63) is 58.1 Å². The molecule has 0 aliphatic carbocycles. The molecule has 0 spiro atoms. The highest BCUT2D eigenvalue weighted by atomic mass is 35.5. The first-order valence-electron chi connectivity index (χ1n) is 6.75. The van der Waals surface area contributed by atoms with Gasteiger partial charge in [-0.15, -0.1) is 0 Å². The number of hydrogen-bond acceptors (Lipinski definition) is 4. The Morgan fingerprint density at radius 2 is 1.61 bits per heavy atom. The minimum absolute atomic E-state index is 0.103. The molecule has 0 aliphatic heterocycles. The fourth-order valence-corrected chi connectivity index (χ4v) is 3.54. The van der Waals surface area contributed by atoms with Gasteiger partial charge in [-0.3, -0.25) is 0 Å². The standard InChI is InChI=1S/C16H14Cl2O4S/c1-11(19)2-3-12-4-6-15(7-5-12)22-23(20,21)16-9-13(17)8-14(18)10-16/h4-10H,2-3H2,1H3. The van der Waals surface area contributed by atoms with E-state index in [9.17, 15) is 13.2 Å². The number of ketones is 1. The monoisotopic (exact) mass is 372 g/mol. The van der Waals surface area contributed by atoms with E-state index in [1.807, 2.05) is 0 Å². The van der Waals surface area contributed by atoms with Crippen LogP contribution < -0.4 is 4.18 Å². The van der Waals surface area contributed by atoms with Gasteiger partial charge in [0.15, 0.2) is 0 Å². The third kappa shape index (κ3) is 5.23. The normalized spacial score (nSPS) is 11.3. The molecule has 23 heavy (non-hydrogen) atoms. The van der Waals surface area contributed by atoms with Crippen molar-refractivity contribution in [2.24, 2.45) is 0 Å². The highest BCUT2D eigenvalue weighted by molar-refractivity contribution is 7.87. The molecule has 0 amide bonds. The van der Waals surface area contributed by atoms with Crippen molar-refractivity contribution >= 4 is 39.1 Å². The minimum atomic E-state index is -4.02. The lowest BCUT2D eigenvalue weighted by Gasteiger charge is -2.08. The predicted molar refractivity (Wildman–Crippen MR) is 89.7 cm³/mol. The van der Waals surface area contributed by atoms with Crippen LogP contribution in [0.15, 0.2) is 47.4 Å². The summed E-state index contributed by atoms with van der Waals surface area (Å²) in [6.07, 6.45) is 1.05. The van der Waals surface area contributed by atoms with Crippen molar-refractivity contribution in [1.82, 2.24) is 0 Å². The predicted octanol–water partition coefficient (Wildman–Crippen LogP) is 4.28. The van der Waals surface area contributed by atoms with E-state index in [1.54, 1.807) is 24.3 Å². The molecule has 0 saturated heterocycles. The molecule has 4 nitrogen and oxygen atoms in total. The molecule has 0 aliphatic rings. The number of aryl methyl sites for hydroxylation is 1. The molecule has 0 saturated carbocycles. The summed E-state index contributed by atoms with van der Waals surface area (Å²) in [7, 11) is -4.02. The lowest BCUT2D eigenvalue weighted by Crippen LogP contribution is -2.09. The number of rotatable bonds is 6. The van der Waals surface area contributed by atoms with Crippen LogP contribution in [-0.2, 0) is 21.3 Å². The molecule has 122 valence electrons. The van der Waals surface area contributed by atoms with Gasteiger partial charge in [-0.1, -0.05) is 35.3 Å². The van der Waals surface area contributed by atoms with E-state index in [4.69, 9.17) is 27.4 Å². The van der Waals surface area contributed by atoms with E-state index in [-0.39, 0.29) is 26.5 Å². The maximum atomic E-state index is 12.2. The van der Waals surface area contributed by atoms with Crippen LogP contribution in [0.25, 0.3) is 0 Å². The summed E-state index contributed by atoms with van der Waals surface area (Å²) in [6, 6.07) is 10.5. The van der Waals surface area contributed by atoms with Gasteiger partial charge >= 0.3 is 10.1 Å². The average molecular weight is 373 g/mol. The molecule has 2 rings (SSSR count). The van der Waals surface area contributed by atoms with Gasteiger partial charge < -0.3 is 8.98 Å². The van der Waals surface area contributed by atoms with Crippen molar-refractivity contribution < 1.29 is 17.4 Å². The Balaban J connectivity index is 2.15. The van der Waals surface area contributed by atoms with Crippen molar-refractivity contribution in [1.29, 1.82) is 0 Å². The maximum Gasteiger partial charge on any atom is 0.339 e. The zero-order valence-corrected chi connectivity index (χ0v) is 14.6. The van der Waals surface area contributed by atoms with Gasteiger partial charge in [0.2, 0.25) is 0 Å². The maximum absolute atomic E-state index is 12.2. The van der Waals surface area contributed by atoms with Gasteiger partial charge in [-0.2, -0.15) is 8.42 Å². The van der Waals surface area contributed by atoms with Gasteiger partial charge in [-0.05, 0) is 49.2 Å². The Morgan fingerprint density at radius 1 is 1.04 bits per heavy atom. The highest BCUT2D eigenvalue weighted by Crippen LogP contribution is 2.25. The molecule has 2 aromatic carbocycles. The molecule has 7 heteroatoms. The smallest absolute Gasteiger partial charge is 0.339 e. The van der Waals surface area contributed by atoms with Crippen LogP contribution in [0.1, 0.15) is 18.9 Å². The second-order valence-corrected chi connectivity index (χ2v) is 7.41. The second kappa shape index (κ2) is 7.34. The van der Waals surface area contributed by atoms with Crippen molar-refractivity contribution in [3.8, 4) is 5.75 Å². The molecule has 0 radical (unpaired) electrons. The Kier molecular flexibility index (Phi) is 5.68. The van der Waals surface area contributed by atoms with Crippen molar-refractivity contribution in [3.63, 3.8) is 0 Å². The first kappa shape index (κ1) is 17.8. The highest BCUT2D eigenvalue weighted by Gasteiger charge is 2.18. The first-order valence-corrected chi connectivity index (χ1v) is 8.92. The van der Waals surface area contributed by atoms with E-state index in [1.165, 1.54) is 25.1 Å². The molecule has 0 atom stereocenters. The Morgan fingerprint density at radius 3 is 2.13 bits per heavy atom. The van der Waals surface area contributed by atoms with Gasteiger partial charge in [0.25, 0.3) is 0 Å². The number of Topliss-reactive ketones (excluding diaryl/α,β-unsaturated/α-hetero) is 1. The lowest BCUT2D eigenvalue weighted by atomic mass is 10.1. The van der Waals surface area contributed by atoms with Crippen LogP contribution in [0.2, 0.25) is 10.0 Å². The van der Waals surface area contributed by atoms with E-state index >= 15 is 0 Å². The van der Waals surface area contributed by atoms with E-state index in [2.05, 4.69) is 0 Å². The van der Waals surface area contributed by atoms with E-state index in [0.29, 0.717) is 12.8 Å². The molecular formula is C16H14Cl2O4S. The van der Waals surface area contributed by atoms with Gasteiger partial charge in [0, 0.05) is 16.5 Å². The fourth-order valence-electron chi connectivity index (χ4n) is 1.88. The summed E-state index contributed by atoms with van der Waals surface area (Å²) in [5.41, 5.74) is 0.927. The topological polar surface area (TPSA) is 60.4 Å². The first-order chi connectivity index (χ1) is 10.8. The Labute approximate surface area is 145 Å². The minimum Gasteiger partial charge on any atom is -0.379 e. The quantitative estimate of drug-likeness (QED) is 0.709. The van der Waals surface area contributed by atoms with Crippen LogP contribution >= 0.6 is 23.2 Å². The third-order valence-corrected chi connectivity index (χ3v) is 4.68. The average Bonchev–Trinajstić information content (AvgIpc) is 2.45. The number of hydrogen-bond donors (Lipinski definition) is 0. The Bertz CT molecular complexity index is 794. The van der Waals surface area contributed by atoms with Crippen molar-refractivity contribution in [2.75, 3.05) is 0 Å². The van der Waals surface area contributed by atoms with Crippen LogP contribution in [0.4, 0.5) is 0 Å². The summed E-state index contributed by atoms with van der Waals surface area (Å²) in [5, 5.41) is 0.415.